The van der Waals surface area contributed by atoms with Gasteiger partial charge in [0.05, 0.1) is 12.2 Å². The summed E-state index contributed by atoms with van der Waals surface area (Å²) in [6, 6.07) is 0. The average Bonchev–Trinajstić information content (AvgIpc) is 2.51. The van der Waals surface area contributed by atoms with Gasteiger partial charge in [-0.1, -0.05) is 43.7 Å². The predicted molar refractivity (Wildman–Crippen MR) is 103 cm³/mol. The Balaban J connectivity index is 4.65. The summed E-state index contributed by atoms with van der Waals surface area (Å²) < 4.78 is 0. The summed E-state index contributed by atoms with van der Waals surface area (Å²) in [5.74, 6) is 0.195. The van der Waals surface area contributed by atoms with Crippen LogP contribution in [0.15, 0.2) is 35.5 Å². The molecular weight excluding hydrogens is 316 g/mol. The molecule has 0 aromatic heterocycles. The van der Waals surface area contributed by atoms with Gasteiger partial charge in [0.1, 0.15) is 0 Å². The quantitative estimate of drug-likeness (QED) is 0.371. The van der Waals surface area contributed by atoms with E-state index >= 15 is 0 Å². The van der Waals surface area contributed by atoms with E-state index in [2.05, 4.69) is 0 Å². The molecule has 4 nitrogen and oxygen atoms in total. The molecule has 0 aliphatic rings. The summed E-state index contributed by atoms with van der Waals surface area (Å²) in [6.45, 7) is 9.58. The molecule has 0 spiro atoms. The lowest BCUT2D eigenvalue weighted by Gasteiger charge is -2.24. The highest BCUT2D eigenvalue weighted by Gasteiger charge is 2.21. The fourth-order valence-electron chi connectivity index (χ4n) is 2.88. The maximum Gasteiger partial charge on any atom is 0.160 e. The van der Waals surface area contributed by atoms with Gasteiger partial charge in [0.15, 0.2) is 5.78 Å². The largest absolute Gasteiger partial charge is 0.396 e. The molecule has 0 heterocycles. The zero-order chi connectivity index (χ0) is 19.5. The van der Waals surface area contributed by atoms with E-state index in [0.29, 0.717) is 18.4 Å². The van der Waals surface area contributed by atoms with Crippen molar-refractivity contribution in [1.82, 2.24) is 0 Å². The van der Waals surface area contributed by atoms with Gasteiger partial charge in [0.2, 0.25) is 0 Å². The first-order valence-corrected chi connectivity index (χ1v) is 9.15. The second-order valence-corrected chi connectivity index (χ2v) is 7.29. The van der Waals surface area contributed by atoms with Gasteiger partial charge >= 0.3 is 0 Å². The Morgan fingerprint density at radius 1 is 1.20 bits per heavy atom. The predicted octanol–water partition coefficient (Wildman–Crippen LogP) is 3.57. The molecule has 0 unspecified atom stereocenters. The first-order chi connectivity index (χ1) is 11.6. The van der Waals surface area contributed by atoms with E-state index in [9.17, 15) is 15.0 Å². The third-order valence-corrected chi connectivity index (χ3v) is 4.27. The van der Waals surface area contributed by atoms with Crippen molar-refractivity contribution in [3.8, 4) is 0 Å². The summed E-state index contributed by atoms with van der Waals surface area (Å²) in [5.41, 5.74) is 0.866. The highest BCUT2D eigenvalue weighted by molar-refractivity contribution is 5.94. The van der Waals surface area contributed by atoms with Gasteiger partial charge in [-0.25, -0.2) is 0 Å². The van der Waals surface area contributed by atoms with Crippen LogP contribution in [0.25, 0.3) is 0 Å². The minimum atomic E-state index is -0.853. The number of rotatable bonds is 12. The van der Waals surface area contributed by atoms with Crippen LogP contribution in [0.5, 0.6) is 0 Å². The van der Waals surface area contributed by atoms with E-state index in [0.717, 1.165) is 12.0 Å². The lowest BCUT2D eigenvalue weighted by Crippen LogP contribution is -2.25. The number of aliphatic hydroxyl groups excluding tert-OH is 2. The van der Waals surface area contributed by atoms with Crippen LogP contribution >= 0.6 is 0 Å². The van der Waals surface area contributed by atoms with Crippen molar-refractivity contribution in [2.24, 2.45) is 11.8 Å². The van der Waals surface area contributed by atoms with Crippen LogP contribution in [0.4, 0.5) is 0 Å². The van der Waals surface area contributed by atoms with E-state index in [-0.39, 0.29) is 37.3 Å². The third-order valence-electron chi connectivity index (χ3n) is 4.27. The van der Waals surface area contributed by atoms with Crippen LogP contribution in [-0.2, 0) is 4.79 Å². The van der Waals surface area contributed by atoms with Crippen molar-refractivity contribution in [3.63, 3.8) is 0 Å². The first-order valence-electron chi connectivity index (χ1n) is 9.15. The number of carbonyl (C=O) groups is 1. The standard InChI is InChI=1S/C21H36O4/c1-6-19(15-23)13-16(2)8-7-10-21(5,25)14-17(3)12-18(4)20(24)9-11-22/h7-8,12-13,17,19,22-23,25H,6,9-11,14-15H2,1-5H3/b8-7+,16-13+,18-12+/t17-,19+,21-/m0/s1. The van der Waals surface area contributed by atoms with Crippen molar-refractivity contribution in [2.45, 2.75) is 65.9 Å². The van der Waals surface area contributed by atoms with Crippen LogP contribution in [0, 0.1) is 11.8 Å². The fourth-order valence-corrected chi connectivity index (χ4v) is 2.88. The number of Topliss-reactive ketones (excluding diaryl/α,β-unsaturated/α-hetero) is 1. The Kier molecular flexibility index (Phi) is 11.6. The first kappa shape index (κ1) is 23.8. The molecule has 0 fully saturated rings. The molecule has 4 heteroatoms. The van der Waals surface area contributed by atoms with Gasteiger partial charge in [-0.15, -0.1) is 0 Å². The van der Waals surface area contributed by atoms with Crippen LogP contribution in [-0.4, -0.2) is 39.9 Å². The summed E-state index contributed by atoms with van der Waals surface area (Å²) in [6.07, 6.45) is 9.97. The van der Waals surface area contributed by atoms with E-state index in [1.54, 1.807) is 13.8 Å². The van der Waals surface area contributed by atoms with Crippen LogP contribution in [0.3, 0.4) is 0 Å². The van der Waals surface area contributed by atoms with Crippen molar-refractivity contribution in [2.75, 3.05) is 13.2 Å². The number of hydrogen-bond acceptors (Lipinski definition) is 4. The summed E-state index contributed by atoms with van der Waals surface area (Å²) in [4.78, 5) is 11.7. The molecule has 0 saturated heterocycles. The van der Waals surface area contributed by atoms with E-state index in [1.807, 2.05) is 45.1 Å². The molecule has 0 bridgehead atoms. The Morgan fingerprint density at radius 2 is 1.84 bits per heavy atom. The molecule has 3 N–H and O–H groups in total. The average molecular weight is 353 g/mol. The van der Waals surface area contributed by atoms with Gasteiger partial charge in [0.25, 0.3) is 0 Å². The second kappa shape index (κ2) is 12.2. The van der Waals surface area contributed by atoms with Crippen molar-refractivity contribution in [1.29, 1.82) is 0 Å². The summed E-state index contributed by atoms with van der Waals surface area (Å²) in [7, 11) is 0. The molecule has 144 valence electrons. The molecule has 0 rings (SSSR count). The molecule has 0 aliphatic heterocycles. The van der Waals surface area contributed by atoms with Crippen LogP contribution in [0.1, 0.15) is 60.3 Å². The monoisotopic (exact) mass is 352 g/mol. The lowest BCUT2D eigenvalue weighted by molar-refractivity contribution is -0.116. The van der Waals surface area contributed by atoms with Crippen LogP contribution in [0.2, 0.25) is 0 Å². The molecule has 0 saturated carbocycles. The molecule has 0 aliphatic carbocycles. The number of ketones is 1. The molecule has 25 heavy (non-hydrogen) atoms. The molecular formula is C21H36O4. The number of carbonyl (C=O) groups excluding carboxylic acids is 1. The fraction of sp³-hybridized carbons (Fsp3) is 0.667. The Morgan fingerprint density at radius 3 is 2.36 bits per heavy atom. The highest BCUT2D eigenvalue weighted by atomic mass is 16.3. The van der Waals surface area contributed by atoms with Crippen molar-refractivity contribution < 1.29 is 20.1 Å². The minimum absolute atomic E-state index is 0.0518. The van der Waals surface area contributed by atoms with Gasteiger partial charge in [-0.3, -0.25) is 4.79 Å². The topological polar surface area (TPSA) is 77.8 Å². The van der Waals surface area contributed by atoms with Gasteiger partial charge < -0.3 is 15.3 Å². The molecule has 3 atom stereocenters. The number of allylic oxidation sites excluding steroid dienone is 4. The number of aliphatic hydroxyl groups is 3. The lowest BCUT2D eigenvalue weighted by atomic mass is 9.88. The zero-order valence-corrected chi connectivity index (χ0v) is 16.5. The smallest absolute Gasteiger partial charge is 0.160 e. The normalized spacial score (nSPS) is 18.2. The molecule has 0 aromatic rings. The van der Waals surface area contributed by atoms with Crippen LogP contribution < -0.4 is 0 Å². The van der Waals surface area contributed by atoms with E-state index in [1.165, 1.54) is 0 Å². The molecule has 0 radical (unpaired) electrons. The summed E-state index contributed by atoms with van der Waals surface area (Å²) >= 11 is 0. The van der Waals surface area contributed by atoms with Gasteiger partial charge in [-0.2, -0.15) is 0 Å². The van der Waals surface area contributed by atoms with E-state index in [4.69, 9.17) is 5.11 Å². The third kappa shape index (κ3) is 11.1. The summed E-state index contributed by atoms with van der Waals surface area (Å²) in [5, 5.41) is 28.6. The maximum absolute atomic E-state index is 11.7. The zero-order valence-electron chi connectivity index (χ0n) is 16.5. The maximum atomic E-state index is 11.7. The van der Waals surface area contributed by atoms with E-state index < -0.39 is 5.60 Å². The Hall–Kier alpha value is -1.23. The van der Waals surface area contributed by atoms with Crippen molar-refractivity contribution >= 4 is 5.78 Å². The van der Waals surface area contributed by atoms with Gasteiger partial charge in [0, 0.05) is 18.9 Å². The number of hydrogen-bond donors (Lipinski definition) is 3. The Labute approximate surface area is 153 Å². The van der Waals surface area contributed by atoms with Gasteiger partial charge in [-0.05, 0) is 51.5 Å². The molecule has 0 amide bonds. The molecule has 0 aromatic carbocycles. The highest BCUT2D eigenvalue weighted by Crippen LogP contribution is 2.23. The SMILES string of the molecule is CC[C@H](/C=C(C)/C=C/C[C@](C)(O)C[C@@H](C)/C=C(\C)C(=O)CCO)CO. The van der Waals surface area contributed by atoms with Crippen molar-refractivity contribution in [3.05, 3.63) is 35.5 Å². The second-order valence-electron chi connectivity index (χ2n) is 7.29. The Bertz CT molecular complexity index is 482. The minimum Gasteiger partial charge on any atom is -0.396 e.